The third-order valence-corrected chi connectivity index (χ3v) is 10.3. The summed E-state index contributed by atoms with van der Waals surface area (Å²) in [6, 6.07) is 0. The smallest absolute Gasteiger partial charge is 0.859 e. The Kier molecular flexibility index (Phi) is 45.7. The number of nitrogens with zero attached hydrogens (tertiary/aromatic N) is 1. The van der Waals surface area contributed by atoms with E-state index in [0.717, 1.165) is 25.7 Å². The fourth-order valence-electron chi connectivity index (χ4n) is 5.54. The average molecular weight is 817 g/mol. The molecule has 0 bridgehead atoms. The van der Waals surface area contributed by atoms with E-state index in [1.165, 1.54) is 134 Å². The second kappa shape index (κ2) is 42.6. The van der Waals surface area contributed by atoms with Crippen LogP contribution in [0.4, 0.5) is 0 Å². The van der Waals surface area contributed by atoms with Gasteiger partial charge >= 0.3 is 37.7 Å². The topological polar surface area (TPSA) is 176 Å². The number of allylic oxidation sites excluding steroid dienone is 2. The molecule has 0 radical (unpaired) electrons. The molecule has 10 nitrogen and oxygen atoms in total. The van der Waals surface area contributed by atoms with E-state index in [4.69, 9.17) is 4.55 Å². The van der Waals surface area contributed by atoms with Crippen LogP contribution in [0.25, 0.3) is 0 Å². The summed E-state index contributed by atoms with van der Waals surface area (Å²) in [5.41, 5.74) is 0. The minimum absolute atomic E-state index is 0. The first-order valence-electron chi connectivity index (χ1n) is 20.6. The maximum atomic E-state index is 11.5. The molecular formula is C40H76CaN2O8S2. The summed E-state index contributed by atoms with van der Waals surface area (Å²) in [5, 5.41) is 14.2. The maximum absolute atomic E-state index is 11.5. The molecule has 0 aromatic rings. The van der Waals surface area contributed by atoms with Gasteiger partial charge in [-0.2, -0.15) is 8.42 Å². The van der Waals surface area contributed by atoms with Crippen LogP contribution >= 0.6 is 0 Å². The molecular weight excluding hydrogens is 741 g/mol. The fraction of sp³-hybridized carbons (Fsp3) is 0.850. The number of hydrogen-bond donors (Lipinski definition) is 2. The molecule has 0 heterocycles. The molecule has 0 aliphatic carbocycles. The fourth-order valence-corrected chi connectivity index (χ4v) is 6.67. The van der Waals surface area contributed by atoms with Gasteiger partial charge in [0.25, 0.3) is 10.1 Å². The number of amides is 1. The maximum Gasteiger partial charge on any atom is 2.00 e. The molecule has 0 saturated heterocycles. The third-order valence-electron chi connectivity index (χ3n) is 8.68. The van der Waals surface area contributed by atoms with E-state index in [1.54, 1.807) is 6.08 Å². The van der Waals surface area contributed by atoms with Crippen molar-refractivity contribution in [1.82, 2.24) is 5.32 Å². The Balaban J connectivity index is -0.000000926. The zero-order valence-corrected chi connectivity index (χ0v) is 37.6. The first-order valence-corrected chi connectivity index (χ1v) is 23.8. The molecule has 0 aromatic carbocycles. The van der Waals surface area contributed by atoms with Gasteiger partial charge in [0.05, 0.1) is 15.9 Å². The van der Waals surface area contributed by atoms with Crippen LogP contribution in [-0.2, 0) is 25.0 Å². The van der Waals surface area contributed by atoms with E-state index < -0.39 is 20.2 Å². The molecule has 0 aromatic heterocycles. The number of hydrogen-bond acceptors (Lipinski definition) is 8. The Hall–Kier alpha value is -0.500. The number of nitrogens with one attached hydrogen (secondary N) is 1. The molecule has 0 aliphatic rings. The van der Waals surface area contributed by atoms with Gasteiger partial charge in [0.2, 0.25) is 5.91 Å². The first-order chi connectivity index (χ1) is 24.9. The second-order valence-corrected chi connectivity index (χ2v) is 17.0. The van der Waals surface area contributed by atoms with Crippen LogP contribution in [0.1, 0.15) is 194 Å². The summed E-state index contributed by atoms with van der Waals surface area (Å²) < 4.78 is 60.9. The molecule has 0 rings (SSSR count). The van der Waals surface area contributed by atoms with Crippen LogP contribution in [0.5, 0.6) is 0 Å². The van der Waals surface area contributed by atoms with Gasteiger partial charge in [0, 0.05) is 18.8 Å². The van der Waals surface area contributed by atoms with E-state index in [2.05, 4.69) is 24.2 Å². The monoisotopic (exact) mass is 816 g/mol. The SMILES string of the molecule is CCCCCCCCCCCCC/C=C/C(=O)NCCCCS(=O)(=O)O.CCCCCCCCCCCCC/C=C/C([O-])=NCCCCS(=O)(=O)[O-].[Ca+2]. The van der Waals surface area contributed by atoms with Gasteiger partial charge in [-0.05, 0) is 63.3 Å². The van der Waals surface area contributed by atoms with Gasteiger partial charge in [-0.3, -0.25) is 9.35 Å². The van der Waals surface area contributed by atoms with E-state index >= 15 is 0 Å². The van der Waals surface area contributed by atoms with Crippen LogP contribution in [0, 0.1) is 0 Å². The van der Waals surface area contributed by atoms with Crippen molar-refractivity contribution in [3.8, 4) is 0 Å². The van der Waals surface area contributed by atoms with Gasteiger partial charge in [-0.1, -0.05) is 160 Å². The Morgan fingerprint density at radius 3 is 1.40 bits per heavy atom. The van der Waals surface area contributed by atoms with Crippen LogP contribution < -0.4 is 10.4 Å². The summed E-state index contributed by atoms with van der Waals surface area (Å²) in [7, 11) is -8.04. The van der Waals surface area contributed by atoms with Crippen molar-refractivity contribution in [3.05, 3.63) is 24.3 Å². The third kappa shape index (κ3) is 55.9. The van der Waals surface area contributed by atoms with E-state index in [9.17, 15) is 31.3 Å². The van der Waals surface area contributed by atoms with Crippen molar-refractivity contribution in [3.63, 3.8) is 0 Å². The molecule has 308 valence electrons. The summed E-state index contributed by atoms with van der Waals surface area (Å²) in [4.78, 5) is 15.4. The molecule has 0 fully saturated rings. The molecule has 0 atom stereocenters. The Bertz CT molecular complexity index is 1110. The normalized spacial score (nSPS) is 12.2. The van der Waals surface area contributed by atoms with Crippen LogP contribution in [0.2, 0.25) is 0 Å². The molecule has 2 N–H and O–H groups in total. The molecule has 0 saturated carbocycles. The van der Waals surface area contributed by atoms with Crippen LogP contribution in [-0.4, -0.2) is 100 Å². The minimum atomic E-state index is -4.15. The number of carbonyl (C=O) groups excluding carboxylic acids is 1. The molecule has 0 spiro atoms. The summed E-state index contributed by atoms with van der Waals surface area (Å²) in [5.74, 6) is -1.05. The standard InChI is InChI=1S/2C20H39NO4S.Ca/c2*1-2-3-4-5-6-7-8-9-10-11-12-13-14-17-20(22)21-18-15-16-19-26(23,24)25;/h2*14,17H,2-13,15-16,18-19H2,1H3,(H,21,22)(H,23,24,25);/q;;+2/p-2/b2*17-14+;. The average Bonchev–Trinajstić information content (AvgIpc) is 3.08. The minimum Gasteiger partial charge on any atom is -0.859 e. The van der Waals surface area contributed by atoms with Crippen molar-refractivity contribution in [2.45, 2.75) is 194 Å². The Labute approximate surface area is 355 Å². The largest absolute Gasteiger partial charge is 2.00 e. The van der Waals surface area contributed by atoms with Gasteiger partial charge in [-0.15, -0.1) is 0 Å². The zero-order chi connectivity index (χ0) is 39.0. The number of aliphatic imine (C=N–C) groups is 1. The van der Waals surface area contributed by atoms with Gasteiger partial charge in [-0.25, -0.2) is 8.42 Å². The predicted octanol–water partition coefficient (Wildman–Crippen LogP) is 8.98. The zero-order valence-electron chi connectivity index (χ0n) is 33.7. The van der Waals surface area contributed by atoms with E-state index in [-0.39, 0.29) is 74.0 Å². The number of rotatable bonds is 36. The van der Waals surface area contributed by atoms with Gasteiger partial charge in [0.1, 0.15) is 0 Å². The summed E-state index contributed by atoms with van der Waals surface area (Å²) >= 11 is 0. The van der Waals surface area contributed by atoms with Gasteiger partial charge < -0.3 is 20.0 Å². The molecule has 1 amide bonds. The van der Waals surface area contributed by atoms with Crippen molar-refractivity contribution < 1.29 is 35.8 Å². The van der Waals surface area contributed by atoms with Crippen molar-refractivity contribution in [1.29, 1.82) is 0 Å². The number of unbranched alkanes of at least 4 members (excludes halogenated alkanes) is 24. The quantitative estimate of drug-likeness (QED) is 0.0157. The molecule has 0 unspecified atom stereocenters. The second-order valence-electron chi connectivity index (χ2n) is 13.9. The summed E-state index contributed by atoms with van der Waals surface area (Å²) in [6.07, 6.45) is 39.1. The van der Waals surface area contributed by atoms with E-state index in [0.29, 0.717) is 25.8 Å². The summed E-state index contributed by atoms with van der Waals surface area (Å²) in [6.45, 7) is 5.20. The Morgan fingerprint density at radius 2 is 0.981 bits per heavy atom. The van der Waals surface area contributed by atoms with Crippen LogP contribution in [0.3, 0.4) is 0 Å². The molecule has 53 heavy (non-hydrogen) atoms. The predicted molar refractivity (Wildman–Crippen MR) is 221 cm³/mol. The van der Waals surface area contributed by atoms with Crippen molar-refractivity contribution in [2.24, 2.45) is 4.99 Å². The number of carbonyl (C=O) groups is 1. The first kappa shape index (κ1) is 56.8. The molecule has 0 aliphatic heterocycles. The van der Waals surface area contributed by atoms with Gasteiger partial charge in [0.15, 0.2) is 0 Å². The van der Waals surface area contributed by atoms with Crippen LogP contribution in [0.15, 0.2) is 29.3 Å². The Morgan fingerprint density at radius 1 is 0.585 bits per heavy atom. The van der Waals surface area contributed by atoms with Crippen molar-refractivity contribution in [2.75, 3.05) is 24.6 Å². The van der Waals surface area contributed by atoms with Crippen molar-refractivity contribution >= 4 is 69.8 Å². The van der Waals surface area contributed by atoms with E-state index in [1.807, 2.05) is 12.2 Å². The molecule has 13 heteroatoms.